The summed E-state index contributed by atoms with van der Waals surface area (Å²) in [6, 6.07) is 19.4. The summed E-state index contributed by atoms with van der Waals surface area (Å²) >= 11 is 0. The maximum atomic E-state index is 5.82. The Hall–Kier alpha value is -2.68. The molecule has 0 spiro atoms. The molecule has 0 radical (unpaired) electrons. The van der Waals surface area contributed by atoms with E-state index in [1.54, 1.807) is 12.4 Å². The molecule has 0 atom stereocenters. The smallest absolute Gasteiger partial charge is 0.159 e. The fourth-order valence-electron chi connectivity index (χ4n) is 3.91. The van der Waals surface area contributed by atoms with Crippen molar-refractivity contribution in [1.82, 2.24) is 9.97 Å². The van der Waals surface area contributed by atoms with Gasteiger partial charge in [-0.05, 0) is 49.7 Å². The van der Waals surface area contributed by atoms with Gasteiger partial charge >= 0.3 is 0 Å². The van der Waals surface area contributed by atoms with Crippen LogP contribution in [0, 0.1) is 0 Å². The first-order chi connectivity index (χ1) is 15.8. The quantitative estimate of drug-likeness (QED) is 0.230. The van der Waals surface area contributed by atoms with Crippen molar-refractivity contribution in [3.8, 4) is 17.1 Å². The average molecular weight is 431 g/mol. The first-order valence-electron chi connectivity index (χ1n) is 12.4. The summed E-state index contributed by atoms with van der Waals surface area (Å²) in [7, 11) is 0. The lowest BCUT2D eigenvalue weighted by Gasteiger charge is -2.07. The monoisotopic (exact) mass is 430 g/mol. The van der Waals surface area contributed by atoms with E-state index in [-0.39, 0.29) is 0 Å². The number of aromatic nitrogens is 2. The lowest BCUT2D eigenvalue weighted by molar-refractivity contribution is 0.303. The molecule has 0 aliphatic rings. The molecule has 2 aromatic carbocycles. The van der Waals surface area contributed by atoms with Crippen molar-refractivity contribution in [3.63, 3.8) is 0 Å². The minimum absolute atomic E-state index is 0.713. The number of rotatable bonds is 15. The highest BCUT2D eigenvalue weighted by Gasteiger charge is 2.03. The molecule has 0 aliphatic heterocycles. The van der Waals surface area contributed by atoms with Crippen LogP contribution in [0.1, 0.15) is 75.8 Å². The van der Waals surface area contributed by atoms with Gasteiger partial charge in [-0.15, -0.1) is 0 Å². The summed E-state index contributed by atoms with van der Waals surface area (Å²) in [5, 5.41) is 0. The molecule has 0 N–H and O–H groups in total. The van der Waals surface area contributed by atoms with Crippen molar-refractivity contribution < 1.29 is 4.74 Å². The Morgan fingerprint density at radius 1 is 0.625 bits per heavy atom. The molecule has 0 aliphatic carbocycles. The van der Waals surface area contributed by atoms with E-state index in [1.807, 2.05) is 0 Å². The molecule has 1 heterocycles. The topological polar surface area (TPSA) is 35.0 Å². The minimum Gasteiger partial charge on any atom is -0.490 e. The van der Waals surface area contributed by atoms with Crippen molar-refractivity contribution in [2.24, 2.45) is 0 Å². The van der Waals surface area contributed by atoms with Crippen molar-refractivity contribution in [2.45, 2.75) is 77.6 Å². The van der Waals surface area contributed by atoms with Gasteiger partial charge in [-0.3, -0.25) is 0 Å². The van der Waals surface area contributed by atoms with Gasteiger partial charge in [0, 0.05) is 5.56 Å². The van der Waals surface area contributed by atoms with Crippen LogP contribution < -0.4 is 4.74 Å². The number of benzene rings is 2. The van der Waals surface area contributed by atoms with Crippen molar-refractivity contribution in [2.75, 3.05) is 6.61 Å². The second-order valence-electron chi connectivity index (χ2n) is 8.60. The number of hydrogen-bond acceptors (Lipinski definition) is 3. The Morgan fingerprint density at radius 2 is 1.22 bits per heavy atom. The van der Waals surface area contributed by atoms with E-state index >= 15 is 0 Å². The van der Waals surface area contributed by atoms with Gasteiger partial charge in [0.2, 0.25) is 0 Å². The van der Waals surface area contributed by atoms with Crippen LogP contribution in [0.3, 0.4) is 0 Å². The van der Waals surface area contributed by atoms with Crippen LogP contribution in [0.15, 0.2) is 67.0 Å². The molecular formula is C29H38N2O. The number of hydrogen-bond donors (Lipinski definition) is 0. The molecule has 32 heavy (non-hydrogen) atoms. The molecule has 0 bridgehead atoms. The van der Waals surface area contributed by atoms with Gasteiger partial charge in [0.15, 0.2) is 11.6 Å². The van der Waals surface area contributed by atoms with Crippen LogP contribution in [0.4, 0.5) is 0 Å². The second kappa shape index (κ2) is 14.4. The van der Waals surface area contributed by atoms with E-state index in [4.69, 9.17) is 4.74 Å². The zero-order chi connectivity index (χ0) is 22.3. The standard InChI is InChI=1S/C29H38N2O/c1-2-3-4-5-6-9-17-26-18-20-27(21-19-26)29-30-23-28(24-31-29)32-22-13-8-12-16-25-14-10-7-11-15-25/h7,10-11,14-15,18-21,23-24H,2-6,8-9,12-13,16-17,22H2,1H3. The van der Waals surface area contributed by atoms with Crippen LogP contribution in [0.5, 0.6) is 5.75 Å². The number of nitrogens with zero attached hydrogens (tertiary/aromatic N) is 2. The zero-order valence-electron chi connectivity index (χ0n) is 19.6. The highest BCUT2D eigenvalue weighted by Crippen LogP contribution is 2.19. The maximum Gasteiger partial charge on any atom is 0.159 e. The summed E-state index contributed by atoms with van der Waals surface area (Å²) in [4.78, 5) is 9.00. The van der Waals surface area contributed by atoms with E-state index < -0.39 is 0 Å². The number of ether oxygens (including phenoxy) is 1. The average Bonchev–Trinajstić information content (AvgIpc) is 2.85. The molecule has 3 heteroatoms. The molecule has 0 unspecified atom stereocenters. The fourth-order valence-corrected chi connectivity index (χ4v) is 3.91. The first kappa shape index (κ1) is 24.0. The van der Waals surface area contributed by atoms with Gasteiger partial charge in [-0.1, -0.05) is 93.6 Å². The van der Waals surface area contributed by atoms with Gasteiger partial charge in [0.25, 0.3) is 0 Å². The summed E-state index contributed by atoms with van der Waals surface area (Å²) < 4.78 is 5.82. The largest absolute Gasteiger partial charge is 0.490 e. The fraction of sp³-hybridized carbons (Fsp3) is 0.448. The third-order valence-electron chi connectivity index (χ3n) is 5.88. The van der Waals surface area contributed by atoms with Gasteiger partial charge in [-0.2, -0.15) is 0 Å². The van der Waals surface area contributed by atoms with E-state index in [1.165, 1.54) is 62.5 Å². The van der Waals surface area contributed by atoms with E-state index in [0.29, 0.717) is 6.61 Å². The SMILES string of the molecule is CCCCCCCCc1ccc(-c2ncc(OCCCCCc3ccccc3)cn2)cc1. The molecule has 3 rings (SSSR count). The predicted molar refractivity (Wildman–Crippen MR) is 134 cm³/mol. The molecule has 0 saturated heterocycles. The highest BCUT2D eigenvalue weighted by atomic mass is 16.5. The predicted octanol–water partition coefficient (Wildman–Crippen LogP) is 7.84. The Kier molecular flexibility index (Phi) is 10.8. The van der Waals surface area contributed by atoms with Crippen molar-refractivity contribution >= 4 is 0 Å². The molecule has 3 nitrogen and oxygen atoms in total. The summed E-state index contributed by atoms with van der Waals surface area (Å²) in [5.74, 6) is 1.50. The van der Waals surface area contributed by atoms with Crippen LogP contribution >= 0.6 is 0 Å². The van der Waals surface area contributed by atoms with Gasteiger partial charge in [0.1, 0.15) is 0 Å². The molecule has 0 fully saturated rings. The van der Waals surface area contributed by atoms with Crippen molar-refractivity contribution in [1.29, 1.82) is 0 Å². The molecule has 0 amide bonds. The van der Waals surface area contributed by atoms with Crippen LogP contribution in [-0.2, 0) is 12.8 Å². The summed E-state index contributed by atoms with van der Waals surface area (Å²) in [6.07, 6.45) is 17.3. The number of aryl methyl sites for hydroxylation is 2. The molecule has 3 aromatic rings. The van der Waals surface area contributed by atoms with Crippen LogP contribution in [0.2, 0.25) is 0 Å². The molecular weight excluding hydrogens is 392 g/mol. The van der Waals surface area contributed by atoms with Gasteiger partial charge < -0.3 is 4.74 Å². The first-order valence-corrected chi connectivity index (χ1v) is 12.4. The summed E-state index contributed by atoms with van der Waals surface area (Å²) in [5.41, 5.74) is 3.87. The molecule has 0 saturated carbocycles. The normalized spacial score (nSPS) is 10.9. The van der Waals surface area contributed by atoms with E-state index in [0.717, 1.165) is 36.4 Å². The minimum atomic E-state index is 0.713. The Morgan fingerprint density at radius 3 is 1.91 bits per heavy atom. The zero-order valence-corrected chi connectivity index (χ0v) is 19.6. The Labute approximate surface area is 194 Å². The van der Waals surface area contributed by atoms with Gasteiger partial charge in [-0.25, -0.2) is 9.97 Å². The van der Waals surface area contributed by atoms with Crippen LogP contribution in [-0.4, -0.2) is 16.6 Å². The Bertz CT molecular complexity index is 860. The highest BCUT2D eigenvalue weighted by molar-refractivity contribution is 5.55. The lowest BCUT2D eigenvalue weighted by atomic mass is 10.0. The summed E-state index contributed by atoms with van der Waals surface area (Å²) in [6.45, 7) is 2.98. The van der Waals surface area contributed by atoms with E-state index in [2.05, 4.69) is 71.5 Å². The molecule has 170 valence electrons. The maximum absolute atomic E-state index is 5.82. The van der Waals surface area contributed by atoms with Crippen LogP contribution in [0.25, 0.3) is 11.4 Å². The third kappa shape index (κ3) is 8.82. The second-order valence-corrected chi connectivity index (χ2v) is 8.60. The molecule has 1 aromatic heterocycles. The Balaban J connectivity index is 1.33. The lowest BCUT2D eigenvalue weighted by Crippen LogP contribution is -1.99. The third-order valence-corrected chi connectivity index (χ3v) is 5.88. The van der Waals surface area contributed by atoms with Crippen molar-refractivity contribution in [3.05, 3.63) is 78.1 Å². The van der Waals surface area contributed by atoms with E-state index in [9.17, 15) is 0 Å². The number of unbranched alkanes of at least 4 members (excludes halogenated alkanes) is 7. The van der Waals surface area contributed by atoms with Gasteiger partial charge in [0.05, 0.1) is 19.0 Å².